The van der Waals surface area contributed by atoms with Gasteiger partial charge in [-0.3, -0.25) is 9.59 Å². The summed E-state index contributed by atoms with van der Waals surface area (Å²) in [5.41, 5.74) is -0.657. The molecule has 0 bridgehead atoms. The molecular weight excluding hydrogens is 244 g/mol. The fraction of sp³-hybridized carbons (Fsp3) is 0.857. The minimum absolute atomic E-state index is 0.110. The summed E-state index contributed by atoms with van der Waals surface area (Å²) in [7, 11) is 0. The van der Waals surface area contributed by atoms with Gasteiger partial charge in [0.15, 0.2) is 0 Å². The van der Waals surface area contributed by atoms with E-state index in [0.29, 0.717) is 38.5 Å². The van der Waals surface area contributed by atoms with Gasteiger partial charge in [-0.2, -0.15) is 0 Å². The second-order valence-corrected chi connectivity index (χ2v) is 6.11. The van der Waals surface area contributed by atoms with E-state index in [4.69, 9.17) is 5.11 Å². The minimum Gasteiger partial charge on any atom is -0.481 e. The van der Waals surface area contributed by atoms with E-state index in [0.717, 1.165) is 0 Å². The molecule has 0 aromatic rings. The van der Waals surface area contributed by atoms with Crippen molar-refractivity contribution in [2.75, 3.05) is 19.6 Å². The summed E-state index contributed by atoms with van der Waals surface area (Å²) in [6, 6.07) is 0.498. The Labute approximate surface area is 114 Å². The molecule has 108 valence electrons. The summed E-state index contributed by atoms with van der Waals surface area (Å²) in [4.78, 5) is 25.0. The van der Waals surface area contributed by atoms with Crippen LogP contribution in [0.2, 0.25) is 0 Å². The molecule has 0 atom stereocenters. The molecule has 0 aromatic heterocycles. The van der Waals surface area contributed by atoms with E-state index in [1.807, 2.05) is 0 Å². The zero-order valence-electron chi connectivity index (χ0n) is 11.7. The van der Waals surface area contributed by atoms with Crippen molar-refractivity contribution < 1.29 is 14.7 Å². The van der Waals surface area contributed by atoms with Crippen LogP contribution in [0.5, 0.6) is 0 Å². The molecule has 1 aliphatic heterocycles. The lowest BCUT2D eigenvalue weighted by molar-refractivity contribution is -0.152. The van der Waals surface area contributed by atoms with Crippen LogP contribution in [0, 0.1) is 5.41 Å². The second-order valence-electron chi connectivity index (χ2n) is 6.11. The smallest absolute Gasteiger partial charge is 0.309 e. The van der Waals surface area contributed by atoms with E-state index >= 15 is 0 Å². The van der Waals surface area contributed by atoms with Crippen molar-refractivity contribution in [3.8, 4) is 0 Å². The van der Waals surface area contributed by atoms with Gasteiger partial charge in [-0.1, -0.05) is 12.8 Å². The second kappa shape index (κ2) is 5.90. The Morgan fingerprint density at radius 3 is 2.37 bits per heavy atom. The number of aliphatic carboxylic acids is 1. The van der Waals surface area contributed by atoms with Crippen LogP contribution in [0.4, 0.5) is 0 Å². The number of carbonyl (C=O) groups excluding carboxylic acids is 1. The predicted molar refractivity (Wildman–Crippen MR) is 71.8 cm³/mol. The number of carboxylic acids is 1. The number of nitrogens with one attached hydrogen (secondary N) is 1. The van der Waals surface area contributed by atoms with Gasteiger partial charge < -0.3 is 15.3 Å². The third-order valence-electron chi connectivity index (χ3n) is 4.63. The van der Waals surface area contributed by atoms with Gasteiger partial charge in [-0.25, -0.2) is 0 Å². The number of carbonyl (C=O) groups is 2. The summed E-state index contributed by atoms with van der Waals surface area (Å²) in [5, 5.41) is 12.5. The number of likely N-dealkylation sites (tertiary alicyclic amines) is 1. The van der Waals surface area contributed by atoms with Crippen LogP contribution < -0.4 is 5.32 Å². The molecule has 5 heteroatoms. The van der Waals surface area contributed by atoms with Crippen LogP contribution in [0.25, 0.3) is 0 Å². The summed E-state index contributed by atoms with van der Waals surface area (Å²) in [5.74, 6) is -0.636. The van der Waals surface area contributed by atoms with E-state index in [-0.39, 0.29) is 5.91 Å². The van der Waals surface area contributed by atoms with E-state index in [1.54, 1.807) is 11.8 Å². The average molecular weight is 268 g/mol. The Morgan fingerprint density at radius 2 is 1.84 bits per heavy atom. The van der Waals surface area contributed by atoms with Crippen LogP contribution in [0.1, 0.15) is 45.4 Å². The van der Waals surface area contributed by atoms with Gasteiger partial charge in [0.05, 0.1) is 12.0 Å². The summed E-state index contributed by atoms with van der Waals surface area (Å²) in [6.07, 6.45) is 5.96. The first-order valence-electron chi connectivity index (χ1n) is 7.26. The highest BCUT2D eigenvalue weighted by molar-refractivity contribution is 5.79. The van der Waals surface area contributed by atoms with Gasteiger partial charge in [0.25, 0.3) is 0 Å². The van der Waals surface area contributed by atoms with Crippen LogP contribution in [-0.2, 0) is 9.59 Å². The monoisotopic (exact) mass is 268 g/mol. The number of piperidine rings is 1. The highest BCUT2D eigenvalue weighted by Crippen LogP contribution is 2.31. The third-order valence-corrected chi connectivity index (χ3v) is 4.63. The Kier molecular flexibility index (Phi) is 4.45. The van der Waals surface area contributed by atoms with Crippen molar-refractivity contribution in [1.82, 2.24) is 10.2 Å². The molecule has 0 aromatic carbocycles. The van der Waals surface area contributed by atoms with Crippen molar-refractivity contribution >= 4 is 11.9 Å². The van der Waals surface area contributed by atoms with Crippen LogP contribution in [0.3, 0.4) is 0 Å². The molecule has 0 unspecified atom stereocenters. The largest absolute Gasteiger partial charge is 0.481 e. The molecule has 1 amide bonds. The molecule has 0 radical (unpaired) electrons. The first kappa shape index (κ1) is 14.3. The van der Waals surface area contributed by atoms with Gasteiger partial charge in [0.1, 0.15) is 0 Å². The molecule has 2 rings (SSSR count). The SMILES string of the molecule is CC1(C(=O)O)CCN(C(=O)CNC2CCCC2)CC1. The summed E-state index contributed by atoms with van der Waals surface area (Å²) >= 11 is 0. The van der Waals surface area contributed by atoms with Gasteiger partial charge in [0.2, 0.25) is 5.91 Å². The molecule has 1 saturated heterocycles. The topological polar surface area (TPSA) is 69.6 Å². The summed E-state index contributed by atoms with van der Waals surface area (Å²) < 4.78 is 0. The number of nitrogens with zero attached hydrogens (tertiary/aromatic N) is 1. The number of hydrogen-bond acceptors (Lipinski definition) is 3. The quantitative estimate of drug-likeness (QED) is 0.804. The molecule has 1 heterocycles. The van der Waals surface area contributed by atoms with E-state index in [2.05, 4.69) is 5.32 Å². The predicted octanol–water partition coefficient (Wildman–Crippen LogP) is 1.23. The van der Waals surface area contributed by atoms with E-state index in [1.165, 1.54) is 25.7 Å². The summed E-state index contributed by atoms with van der Waals surface area (Å²) in [6.45, 7) is 3.30. The molecular formula is C14H24N2O3. The number of amides is 1. The Bertz CT molecular complexity index is 343. The van der Waals surface area contributed by atoms with E-state index in [9.17, 15) is 9.59 Å². The number of carboxylic acid groups (broad SMARTS) is 1. The molecule has 1 aliphatic carbocycles. The highest BCUT2D eigenvalue weighted by Gasteiger charge is 2.37. The fourth-order valence-electron chi connectivity index (χ4n) is 2.94. The standard InChI is InChI=1S/C14H24N2O3/c1-14(13(18)19)6-8-16(9-7-14)12(17)10-15-11-4-2-3-5-11/h11,15H,2-10H2,1H3,(H,18,19). The van der Waals surface area contributed by atoms with Crippen LogP contribution >= 0.6 is 0 Å². The first-order chi connectivity index (χ1) is 9.01. The fourth-order valence-corrected chi connectivity index (χ4v) is 2.94. The molecule has 5 nitrogen and oxygen atoms in total. The van der Waals surface area contributed by atoms with Gasteiger partial charge in [-0.05, 0) is 32.6 Å². The zero-order valence-corrected chi connectivity index (χ0v) is 11.7. The third kappa shape index (κ3) is 3.47. The van der Waals surface area contributed by atoms with Crippen molar-refractivity contribution in [3.05, 3.63) is 0 Å². The maximum atomic E-state index is 12.1. The Hall–Kier alpha value is -1.10. The first-order valence-corrected chi connectivity index (χ1v) is 7.26. The Morgan fingerprint density at radius 1 is 1.26 bits per heavy atom. The van der Waals surface area contributed by atoms with Crippen LogP contribution in [-0.4, -0.2) is 47.6 Å². The normalized spacial score (nSPS) is 23.5. The Balaban J connectivity index is 1.74. The van der Waals surface area contributed by atoms with Gasteiger partial charge in [0, 0.05) is 19.1 Å². The molecule has 2 aliphatic rings. The molecule has 2 N–H and O–H groups in total. The van der Waals surface area contributed by atoms with Gasteiger partial charge in [-0.15, -0.1) is 0 Å². The lowest BCUT2D eigenvalue weighted by atomic mass is 9.80. The van der Waals surface area contributed by atoms with Gasteiger partial charge >= 0.3 is 5.97 Å². The lowest BCUT2D eigenvalue weighted by Gasteiger charge is -2.36. The van der Waals surface area contributed by atoms with Crippen molar-refractivity contribution in [3.63, 3.8) is 0 Å². The minimum atomic E-state index is -0.747. The molecule has 19 heavy (non-hydrogen) atoms. The van der Waals surface area contributed by atoms with Crippen LogP contribution in [0.15, 0.2) is 0 Å². The molecule has 2 fully saturated rings. The van der Waals surface area contributed by atoms with Crippen molar-refractivity contribution in [2.24, 2.45) is 5.41 Å². The molecule has 1 saturated carbocycles. The van der Waals surface area contributed by atoms with Crippen molar-refractivity contribution in [2.45, 2.75) is 51.5 Å². The number of rotatable bonds is 4. The maximum absolute atomic E-state index is 12.1. The zero-order chi connectivity index (χ0) is 13.9. The average Bonchev–Trinajstić information content (AvgIpc) is 2.90. The van der Waals surface area contributed by atoms with E-state index < -0.39 is 11.4 Å². The molecule has 0 spiro atoms. The maximum Gasteiger partial charge on any atom is 0.309 e. The number of hydrogen-bond donors (Lipinski definition) is 2. The highest BCUT2D eigenvalue weighted by atomic mass is 16.4. The van der Waals surface area contributed by atoms with Crippen molar-refractivity contribution in [1.29, 1.82) is 0 Å². The lowest BCUT2D eigenvalue weighted by Crippen LogP contribution is -2.48.